The van der Waals surface area contributed by atoms with Crippen molar-refractivity contribution in [3.63, 3.8) is 0 Å². The van der Waals surface area contributed by atoms with E-state index in [2.05, 4.69) is 12.1 Å². The molecule has 2 amide bonds. The van der Waals surface area contributed by atoms with Gasteiger partial charge < -0.3 is 19.3 Å². The Morgan fingerprint density at radius 1 is 0.727 bits per heavy atom. The SMILES string of the molecule is COc1ccccc1OCC(=O)N1CCCN(C(=O)c2ccc(-c3ccccc3)cc2)CC1. The van der Waals surface area contributed by atoms with E-state index < -0.39 is 0 Å². The second kappa shape index (κ2) is 10.7. The van der Waals surface area contributed by atoms with Crippen LogP contribution in [0, 0.1) is 0 Å². The van der Waals surface area contributed by atoms with Crippen molar-refractivity contribution in [2.45, 2.75) is 6.42 Å². The number of hydrogen-bond donors (Lipinski definition) is 0. The van der Waals surface area contributed by atoms with Gasteiger partial charge in [-0.15, -0.1) is 0 Å². The average molecular weight is 445 g/mol. The Morgan fingerprint density at radius 2 is 1.33 bits per heavy atom. The van der Waals surface area contributed by atoms with E-state index >= 15 is 0 Å². The molecule has 1 aliphatic heterocycles. The third-order valence-corrected chi connectivity index (χ3v) is 5.80. The third-order valence-electron chi connectivity index (χ3n) is 5.80. The number of amides is 2. The summed E-state index contributed by atoms with van der Waals surface area (Å²) in [5.41, 5.74) is 2.86. The highest BCUT2D eigenvalue weighted by molar-refractivity contribution is 5.94. The lowest BCUT2D eigenvalue weighted by Crippen LogP contribution is -2.39. The highest BCUT2D eigenvalue weighted by Crippen LogP contribution is 2.26. The zero-order valence-corrected chi connectivity index (χ0v) is 18.8. The minimum atomic E-state index is -0.0950. The van der Waals surface area contributed by atoms with Crippen molar-refractivity contribution >= 4 is 11.8 Å². The van der Waals surface area contributed by atoms with Gasteiger partial charge in [-0.1, -0.05) is 54.6 Å². The predicted molar refractivity (Wildman–Crippen MR) is 127 cm³/mol. The van der Waals surface area contributed by atoms with Crippen molar-refractivity contribution in [1.82, 2.24) is 9.80 Å². The normalized spacial score (nSPS) is 13.8. The number of benzene rings is 3. The summed E-state index contributed by atoms with van der Waals surface area (Å²) in [6.45, 7) is 2.15. The predicted octanol–water partition coefficient (Wildman–Crippen LogP) is 4.12. The van der Waals surface area contributed by atoms with Crippen LogP contribution in [0.2, 0.25) is 0 Å². The van der Waals surface area contributed by atoms with Gasteiger partial charge in [0, 0.05) is 31.7 Å². The number of rotatable bonds is 6. The summed E-state index contributed by atoms with van der Waals surface area (Å²) in [5, 5.41) is 0. The highest BCUT2D eigenvalue weighted by atomic mass is 16.5. The van der Waals surface area contributed by atoms with Gasteiger partial charge in [-0.05, 0) is 41.8 Å². The molecular formula is C27H28N2O4. The summed E-state index contributed by atoms with van der Waals surface area (Å²) >= 11 is 0. The van der Waals surface area contributed by atoms with Crippen LogP contribution in [0.3, 0.4) is 0 Å². The van der Waals surface area contributed by atoms with Crippen LogP contribution < -0.4 is 9.47 Å². The Hall–Kier alpha value is -3.80. The zero-order chi connectivity index (χ0) is 23.0. The van der Waals surface area contributed by atoms with Gasteiger partial charge in [-0.25, -0.2) is 0 Å². The van der Waals surface area contributed by atoms with Gasteiger partial charge >= 0.3 is 0 Å². The number of nitrogens with zero attached hydrogens (tertiary/aromatic N) is 2. The lowest BCUT2D eigenvalue weighted by molar-refractivity contribution is -0.133. The number of carbonyl (C=O) groups excluding carboxylic acids is 2. The van der Waals surface area contributed by atoms with Crippen molar-refractivity contribution in [3.8, 4) is 22.6 Å². The molecule has 170 valence electrons. The van der Waals surface area contributed by atoms with Crippen molar-refractivity contribution in [2.24, 2.45) is 0 Å². The van der Waals surface area contributed by atoms with E-state index in [9.17, 15) is 9.59 Å². The molecule has 3 aromatic carbocycles. The number of ether oxygens (including phenoxy) is 2. The second-order valence-corrected chi connectivity index (χ2v) is 7.91. The van der Waals surface area contributed by atoms with Crippen molar-refractivity contribution in [2.75, 3.05) is 39.9 Å². The molecule has 33 heavy (non-hydrogen) atoms. The van der Waals surface area contributed by atoms with Crippen molar-refractivity contribution in [1.29, 1.82) is 0 Å². The molecule has 0 atom stereocenters. The highest BCUT2D eigenvalue weighted by Gasteiger charge is 2.23. The molecule has 3 aromatic rings. The zero-order valence-electron chi connectivity index (χ0n) is 18.8. The summed E-state index contributed by atoms with van der Waals surface area (Å²) < 4.78 is 10.9. The molecule has 0 bridgehead atoms. The molecule has 0 N–H and O–H groups in total. The lowest BCUT2D eigenvalue weighted by Gasteiger charge is -2.22. The maximum Gasteiger partial charge on any atom is 0.260 e. The maximum absolute atomic E-state index is 13.0. The fourth-order valence-corrected chi connectivity index (χ4v) is 3.96. The fourth-order valence-electron chi connectivity index (χ4n) is 3.96. The first kappa shape index (κ1) is 22.4. The largest absolute Gasteiger partial charge is 0.493 e. The Morgan fingerprint density at radius 3 is 2.06 bits per heavy atom. The van der Waals surface area contributed by atoms with Gasteiger partial charge in [0.2, 0.25) is 0 Å². The molecule has 6 nitrogen and oxygen atoms in total. The fraction of sp³-hybridized carbons (Fsp3) is 0.259. The molecule has 0 radical (unpaired) electrons. The van der Waals surface area contributed by atoms with Crippen LogP contribution in [0.1, 0.15) is 16.8 Å². The molecule has 1 heterocycles. The second-order valence-electron chi connectivity index (χ2n) is 7.91. The van der Waals surface area contributed by atoms with Crippen LogP contribution in [-0.4, -0.2) is 61.5 Å². The first-order chi connectivity index (χ1) is 16.2. The average Bonchev–Trinajstić information content (AvgIpc) is 3.14. The van der Waals surface area contributed by atoms with Crippen LogP contribution >= 0.6 is 0 Å². The summed E-state index contributed by atoms with van der Waals surface area (Å²) in [6, 6.07) is 25.0. The maximum atomic E-state index is 13.0. The molecule has 0 aromatic heterocycles. The van der Waals surface area contributed by atoms with Crippen LogP contribution in [0.15, 0.2) is 78.9 Å². The van der Waals surface area contributed by atoms with Gasteiger partial charge in [-0.3, -0.25) is 9.59 Å². The van der Waals surface area contributed by atoms with E-state index in [1.807, 2.05) is 59.5 Å². The first-order valence-corrected chi connectivity index (χ1v) is 11.1. The smallest absolute Gasteiger partial charge is 0.260 e. The van der Waals surface area contributed by atoms with E-state index in [0.29, 0.717) is 43.2 Å². The number of carbonyl (C=O) groups is 2. The molecule has 0 saturated carbocycles. The molecule has 1 fully saturated rings. The minimum Gasteiger partial charge on any atom is -0.493 e. The molecule has 1 aliphatic rings. The van der Waals surface area contributed by atoms with E-state index in [1.54, 1.807) is 24.1 Å². The van der Waals surface area contributed by atoms with E-state index in [-0.39, 0.29) is 18.4 Å². The first-order valence-electron chi connectivity index (χ1n) is 11.1. The Kier molecular flexibility index (Phi) is 7.25. The minimum absolute atomic E-state index is 0.00539. The molecule has 0 aliphatic carbocycles. The van der Waals surface area contributed by atoms with E-state index in [4.69, 9.17) is 9.47 Å². The Bertz CT molecular complexity index is 1080. The molecule has 6 heteroatoms. The lowest BCUT2D eigenvalue weighted by atomic mass is 10.0. The molecule has 1 saturated heterocycles. The van der Waals surface area contributed by atoms with Crippen LogP contribution in [0.5, 0.6) is 11.5 Å². The van der Waals surface area contributed by atoms with Gasteiger partial charge in [-0.2, -0.15) is 0 Å². The number of methoxy groups -OCH3 is 1. The quantitative estimate of drug-likeness (QED) is 0.574. The monoisotopic (exact) mass is 444 g/mol. The molecule has 4 rings (SSSR count). The van der Waals surface area contributed by atoms with Gasteiger partial charge in [0.1, 0.15) is 0 Å². The Balaban J connectivity index is 1.32. The molecular weight excluding hydrogens is 416 g/mol. The van der Waals surface area contributed by atoms with Crippen molar-refractivity contribution in [3.05, 3.63) is 84.4 Å². The van der Waals surface area contributed by atoms with Crippen LogP contribution in [-0.2, 0) is 4.79 Å². The standard InChI is InChI=1S/C27H28N2O4/c1-32-24-10-5-6-11-25(24)33-20-26(30)28-16-7-17-29(19-18-28)27(31)23-14-12-22(13-15-23)21-8-3-2-4-9-21/h2-6,8-15H,7,16-20H2,1H3. The van der Waals surface area contributed by atoms with Crippen molar-refractivity contribution < 1.29 is 19.1 Å². The van der Waals surface area contributed by atoms with Gasteiger partial charge in [0.25, 0.3) is 11.8 Å². The van der Waals surface area contributed by atoms with Gasteiger partial charge in [0.15, 0.2) is 18.1 Å². The summed E-state index contributed by atoms with van der Waals surface area (Å²) in [4.78, 5) is 29.3. The Labute approximate surface area is 194 Å². The van der Waals surface area contributed by atoms with Crippen LogP contribution in [0.25, 0.3) is 11.1 Å². The molecule has 0 unspecified atom stereocenters. The number of para-hydroxylation sites is 2. The summed E-state index contributed by atoms with van der Waals surface area (Å²) in [6.07, 6.45) is 0.730. The van der Waals surface area contributed by atoms with Gasteiger partial charge in [0.05, 0.1) is 7.11 Å². The van der Waals surface area contributed by atoms with Crippen LogP contribution in [0.4, 0.5) is 0 Å². The third kappa shape index (κ3) is 5.52. The molecule has 0 spiro atoms. The van der Waals surface area contributed by atoms with E-state index in [1.165, 1.54) is 0 Å². The topological polar surface area (TPSA) is 59.1 Å². The number of hydrogen-bond acceptors (Lipinski definition) is 4. The summed E-state index contributed by atoms with van der Waals surface area (Å²) in [7, 11) is 1.57. The van der Waals surface area contributed by atoms with E-state index in [0.717, 1.165) is 17.5 Å². The summed E-state index contributed by atoms with van der Waals surface area (Å²) in [5.74, 6) is 1.03.